The molecule has 0 saturated carbocycles. The topological polar surface area (TPSA) is 58.4 Å². The lowest BCUT2D eigenvalue weighted by atomic mass is 10.1. The molecule has 1 amide bonds. The van der Waals surface area contributed by atoms with Crippen molar-refractivity contribution in [3.8, 4) is 0 Å². The van der Waals surface area contributed by atoms with Crippen molar-refractivity contribution < 1.29 is 4.79 Å². The fourth-order valence-electron chi connectivity index (χ4n) is 2.17. The van der Waals surface area contributed by atoms with E-state index in [9.17, 15) is 4.79 Å². The number of nitrogens with two attached hydrogens (primary N) is 1. The van der Waals surface area contributed by atoms with E-state index in [0.717, 1.165) is 19.4 Å². The number of nitrogens with zero attached hydrogens (tertiary/aromatic N) is 1. The molecule has 4 nitrogen and oxygen atoms in total. The summed E-state index contributed by atoms with van der Waals surface area (Å²) in [5, 5.41) is 3.58. The highest BCUT2D eigenvalue weighted by Gasteiger charge is 2.13. The predicted octanol–water partition coefficient (Wildman–Crippen LogP) is 0.716. The maximum Gasteiger partial charge on any atom is 0.217 e. The largest absolute Gasteiger partial charge is 0.370 e. The number of nitrogens with one attached hydrogen (secondary N) is 1. The molecule has 1 rings (SSSR count). The Morgan fingerprint density at radius 3 is 2.94 bits per heavy atom. The van der Waals surface area contributed by atoms with Crippen LogP contribution in [0.1, 0.15) is 38.5 Å². The van der Waals surface area contributed by atoms with E-state index in [0.29, 0.717) is 12.5 Å². The van der Waals surface area contributed by atoms with Crippen LogP contribution in [0.15, 0.2) is 0 Å². The van der Waals surface area contributed by atoms with Gasteiger partial charge in [-0.2, -0.15) is 0 Å². The number of hydrogen-bond acceptors (Lipinski definition) is 3. The van der Waals surface area contributed by atoms with Crippen LogP contribution in [0.25, 0.3) is 0 Å². The lowest BCUT2D eigenvalue weighted by molar-refractivity contribution is -0.118. The van der Waals surface area contributed by atoms with Crippen molar-refractivity contribution in [2.75, 3.05) is 26.7 Å². The fraction of sp³-hybridized carbons (Fsp3) is 0.917. The summed E-state index contributed by atoms with van der Waals surface area (Å²) >= 11 is 0. The maximum absolute atomic E-state index is 10.5. The van der Waals surface area contributed by atoms with E-state index in [1.807, 2.05) is 0 Å². The van der Waals surface area contributed by atoms with Gasteiger partial charge in [-0.3, -0.25) is 4.79 Å². The summed E-state index contributed by atoms with van der Waals surface area (Å²) in [6.45, 7) is 3.43. The first-order valence-electron chi connectivity index (χ1n) is 6.38. The number of carbonyl (C=O) groups excluding carboxylic acids is 1. The van der Waals surface area contributed by atoms with Crippen molar-refractivity contribution in [3.05, 3.63) is 0 Å². The zero-order valence-electron chi connectivity index (χ0n) is 10.4. The Hall–Kier alpha value is -0.610. The summed E-state index contributed by atoms with van der Waals surface area (Å²) in [6.07, 6.45) is 6.29. The Labute approximate surface area is 98.6 Å². The van der Waals surface area contributed by atoms with Gasteiger partial charge in [-0.25, -0.2) is 0 Å². The number of amides is 1. The molecule has 1 heterocycles. The number of primary amides is 1. The Morgan fingerprint density at radius 2 is 2.19 bits per heavy atom. The third-order valence-corrected chi connectivity index (χ3v) is 3.23. The second-order valence-electron chi connectivity index (χ2n) is 4.81. The summed E-state index contributed by atoms with van der Waals surface area (Å²) in [7, 11) is 2.19. The molecule has 16 heavy (non-hydrogen) atoms. The number of hydrogen-bond donors (Lipinski definition) is 2. The van der Waals surface area contributed by atoms with Crippen molar-refractivity contribution in [2.24, 2.45) is 5.73 Å². The van der Waals surface area contributed by atoms with Crippen molar-refractivity contribution in [1.82, 2.24) is 10.2 Å². The quantitative estimate of drug-likeness (QED) is 0.657. The molecule has 94 valence electrons. The Balaban J connectivity index is 2.01. The van der Waals surface area contributed by atoms with Crippen LogP contribution in [0.3, 0.4) is 0 Å². The van der Waals surface area contributed by atoms with Crippen LogP contribution in [0, 0.1) is 0 Å². The van der Waals surface area contributed by atoms with Crippen LogP contribution < -0.4 is 11.1 Å². The second-order valence-corrected chi connectivity index (χ2v) is 4.81. The van der Waals surface area contributed by atoms with Gasteiger partial charge < -0.3 is 16.0 Å². The summed E-state index contributed by atoms with van der Waals surface area (Å²) < 4.78 is 0. The summed E-state index contributed by atoms with van der Waals surface area (Å²) in [4.78, 5) is 12.9. The number of carbonyl (C=O) groups is 1. The first-order chi connectivity index (χ1) is 7.68. The minimum absolute atomic E-state index is 0.184. The standard InChI is InChI=1S/C12H25N3O/c1-15-9-4-5-11(7-10-15)14-8-3-2-6-12(13)16/h11,14H,2-10H2,1H3,(H2,13,16). The molecule has 0 aromatic heterocycles. The van der Waals surface area contributed by atoms with Crippen molar-refractivity contribution in [3.63, 3.8) is 0 Å². The SMILES string of the molecule is CN1CCCC(NCCCCC(N)=O)CC1. The van der Waals surface area contributed by atoms with E-state index in [-0.39, 0.29) is 5.91 Å². The molecule has 4 heteroatoms. The fourth-order valence-corrected chi connectivity index (χ4v) is 2.17. The van der Waals surface area contributed by atoms with Gasteiger partial charge in [-0.05, 0) is 58.8 Å². The number of rotatable bonds is 6. The maximum atomic E-state index is 10.5. The minimum atomic E-state index is -0.184. The number of unbranched alkanes of at least 4 members (excludes halogenated alkanes) is 1. The van der Waals surface area contributed by atoms with Gasteiger partial charge >= 0.3 is 0 Å². The van der Waals surface area contributed by atoms with Gasteiger partial charge in [0.1, 0.15) is 0 Å². The summed E-state index contributed by atoms with van der Waals surface area (Å²) in [5.74, 6) is -0.184. The first kappa shape index (κ1) is 13.5. The molecule has 0 spiro atoms. The van der Waals surface area contributed by atoms with Crippen LogP contribution in [0.4, 0.5) is 0 Å². The first-order valence-corrected chi connectivity index (χ1v) is 6.38. The Morgan fingerprint density at radius 1 is 1.38 bits per heavy atom. The van der Waals surface area contributed by atoms with E-state index in [4.69, 9.17) is 5.73 Å². The molecule has 0 aromatic carbocycles. The molecule has 1 atom stereocenters. The van der Waals surface area contributed by atoms with E-state index in [1.54, 1.807) is 0 Å². The van der Waals surface area contributed by atoms with Crippen molar-refractivity contribution >= 4 is 5.91 Å². The zero-order chi connectivity index (χ0) is 11.8. The van der Waals surface area contributed by atoms with E-state index >= 15 is 0 Å². The molecule has 1 unspecified atom stereocenters. The third-order valence-electron chi connectivity index (χ3n) is 3.23. The normalized spacial score (nSPS) is 22.9. The zero-order valence-corrected chi connectivity index (χ0v) is 10.4. The van der Waals surface area contributed by atoms with Crippen molar-refractivity contribution in [1.29, 1.82) is 0 Å². The van der Waals surface area contributed by atoms with Crippen LogP contribution in [-0.2, 0) is 4.79 Å². The third kappa shape index (κ3) is 6.08. The molecular weight excluding hydrogens is 202 g/mol. The Kier molecular flexibility index (Phi) is 6.42. The second kappa shape index (κ2) is 7.63. The molecule has 1 saturated heterocycles. The molecular formula is C12H25N3O. The molecule has 0 aromatic rings. The van der Waals surface area contributed by atoms with Gasteiger partial charge in [-0.15, -0.1) is 0 Å². The Bertz CT molecular complexity index is 208. The molecule has 1 aliphatic heterocycles. The van der Waals surface area contributed by atoms with Crippen LogP contribution in [-0.4, -0.2) is 43.5 Å². The monoisotopic (exact) mass is 227 g/mol. The van der Waals surface area contributed by atoms with E-state index < -0.39 is 0 Å². The molecule has 1 aliphatic rings. The molecule has 3 N–H and O–H groups in total. The minimum Gasteiger partial charge on any atom is -0.370 e. The predicted molar refractivity (Wildman–Crippen MR) is 66.2 cm³/mol. The lowest BCUT2D eigenvalue weighted by Crippen LogP contribution is -2.31. The number of likely N-dealkylation sites (tertiary alicyclic amines) is 1. The average molecular weight is 227 g/mol. The van der Waals surface area contributed by atoms with Crippen LogP contribution in [0.5, 0.6) is 0 Å². The van der Waals surface area contributed by atoms with Crippen LogP contribution >= 0.6 is 0 Å². The van der Waals surface area contributed by atoms with Gasteiger partial charge in [0, 0.05) is 12.5 Å². The van der Waals surface area contributed by atoms with Gasteiger partial charge in [-0.1, -0.05) is 0 Å². The molecule has 0 radical (unpaired) electrons. The lowest BCUT2D eigenvalue weighted by Gasteiger charge is -2.16. The highest BCUT2D eigenvalue weighted by Crippen LogP contribution is 2.09. The molecule has 0 bridgehead atoms. The van der Waals surface area contributed by atoms with E-state index in [1.165, 1.54) is 32.4 Å². The summed E-state index contributed by atoms with van der Waals surface area (Å²) in [6, 6.07) is 0.665. The smallest absolute Gasteiger partial charge is 0.217 e. The van der Waals surface area contributed by atoms with Gasteiger partial charge in [0.05, 0.1) is 0 Å². The van der Waals surface area contributed by atoms with Gasteiger partial charge in [0.25, 0.3) is 0 Å². The highest BCUT2D eigenvalue weighted by atomic mass is 16.1. The molecule has 1 fully saturated rings. The average Bonchev–Trinajstić information content (AvgIpc) is 2.43. The summed E-state index contributed by atoms with van der Waals surface area (Å²) in [5.41, 5.74) is 5.09. The highest BCUT2D eigenvalue weighted by molar-refractivity contribution is 5.73. The van der Waals surface area contributed by atoms with Crippen molar-refractivity contribution in [2.45, 2.75) is 44.6 Å². The van der Waals surface area contributed by atoms with Gasteiger partial charge in [0.2, 0.25) is 5.91 Å². The van der Waals surface area contributed by atoms with Crippen LogP contribution in [0.2, 0.25) is 0 Å². The van der Waals surface area contributed by atoms with Gasteiger partial charge in [0.15, 0.2) is 0 Å². The van der Waals surface area contributed by atoms with E-state index in [2.05, 4.69) is 17.3 Å². The molecule has 0 aliphatic carbocycles.